The Morgan fingerprint density at radius 1 is 1.32 bits per heavy atom. The van der Waals surface area contributed by atoms with Crippen LogP contribution < -0.4 is 10.1 Å². The molecule has 8 nitrogen and oxygen atoms in total. The number of sulfone groups is 1. The van der Waals surface area contributed by atoms with Crippen LogP contribution in [0.4, 0.5) is 5.13 Å². The molecule has 3 heterocycles. The first kappa shape index (κ1) is 18.6. The van der Waals surface area contributed by atoms with Crippen LogP contribution in [0.5, 0.6) is 5.75 Å². The van der Waals surface area contributed by atoms with E-state index in [2.05, 4.69) is 15.4 Å². The number of nitrogens with zero attached hydrogens (tertiary/aromatic N) is 3. The third-order valence-electron chi connectivity index (χ3n) is 4.56. The predicted octanol–water partition coefficient (Wildman–Crippen LogP) is 2.63. The molecule has 2 aromatic heterocycles. The van der Waals surface area contributed by atoms with Crippen molar-refractivity contribution in [3.63, 3.8) is 0 Å². The lowest BCUT2D eigenvalue weighted by Gasteiger charge is -2.13. The van der Waals surface area contributed by atoms with Gasteiger partial charge in [-0.25, -0.2) is 13.4 Å². The number of ether oxygens (including phenoxy) is 1. The number of hydrogen-bond donors (Lipinski definition) is 1. The third kappa shape index (κ3) is 3.78. The first-order valence-corrected chi connectivity index (χ1v) is 11.3. The molecule has 1 aliphatic rings. The predicted molar refractivity (Wildman–Crippen MR) is 107 cm³/mol. The third-order valence-corrected chi connectivity index (χ3v) is 7.00. The number of methoxy groups -OCH3 is 1. The molecule has 1 atom stereocenters. The lowest BCUT2D eigenvalue weighted by atomic mass is 10.1. The molecular formula is C18H18N4O4S2. The second kappa shape index (κ2) is 7.36. The molecule has 1 N–H and O–H groups in total. The van der Waals surface area contributed by atoms with Crippen molar-refractivity contribution in [3.05, 3.63) is 47.6 Å². The maximum Gasteiger partial charge on any atom is 0.277 e. The van der Waals surface area contributed by atoms with Gasteiger partial charge in [0, 0.05) is 17.1 Å². The number of amides is 1. The quantitative estimate of drug-likeness (QED) is 0.683. The highest BCUT2D eigenvalue weighted by Crippen LogP contribution is 2.31. The number of carbonyl (C=O) groups excluding carboxylic acids is 1. The summed E-state index contributed by atoms with van der Waals surface area (Å²) in [5.74, 6) is 0.468. The van der Waals surface area contributed by atoms with E-state index in [-0.39, 0.29) is 29.1 Å². The Bertz CT molecular complexity index is 1090. The molecule has 1 saturated heterocycles. The van der Waals surface area contributed by atoms with Crippen molar-refractivity contribution < 1.29 is 17.9 Å². The zero-order chi connectivity index (χ0) is 19.7. The van der Waals surface area contributed by atoms with Crippen LogP contribution in [0.3, 0.4) is 0 Å². The smallest absolute Gasteiger partial charge is 0.277 e. The Hall–Kier alpha value is -2.72. The minimum absolute atomic E-state index is 0.0192. The van der Waals surface area contributed by atoms with Crippen molar-refractivity contribution in [2.24, 2.45) is 0 Å². The number of anilines is 1. The number of rotatable bonds is 5. The largest absolute Gasteiger partial charge is 0.497 e. The summed E-state index contributed by atoms with van der Waals surface area (Å²) >= 11 is 1.31. The molecule has 1 unspecified atom stereocenters. The van der Waals surface area contributed by atoms with Gasteiger partial charge < -0.3 is 4.74 Å². The van der Waals surface area contributed by atoms with E-state index in [1.54, 1.807) is 29.4 Å². The van der Waals surface area contributed by atoms with E-state index in [9.17, 15) is 13.2 Å². The van der Waals surface area contributed by atoms with Crippen molar-refractivity contribution in [2.75, 3.05) is 23.9 Å². The summed E-state index contributed by atoms with van der Waals surface area (Å²) in [7, 11) is -1.51. The zero-order valence-electron chi connectivity index (χ0n) is 15.0. The van der Waals surface area contributed by atoms with Crippen molar-refractivity contribution in [1.82, 2.24) is 14.8 Å². The average molecular weight is 419 g/mol. The maximum absolute atomic E-state index is 12.6. The summed E-state index contributed by atoms with van der Waals surface area (Å²) < 4.78 is 30.8. The van der Waals surface area contributed by atoms with Crippen molar-refractivity contribution >= 4 is 32.2 Å². The van der Waals surface area contributed by atoms with Gasteiger partial charge >= 0.3 is 0 Å². The van der Waals surface area contributed by atoms with Gasteiger partial charge in [0.1, 0.15) is 5.75 Å². The van der Waals surface area contributed by atoms with Crippen molar-refractivity contribution in [3.8, 4) is 17.0 Å². The second-order valence-corrected chi connectivity index (χ2v) is 9.56. The van der Waals surface area contributed by atoms with E-state index in [0.717, 1.165) is 5.56 Å². The van der Waals surface area contributed by atoms with E-state index in [1.165, 1.54) is 11.3 Å². The Balaban J connectivity index is 1.71. The molecule has 1 aliphatic heterocycles. The fraction of sp³-hybridized carbons (Fsp3) is 0.278. The van der Waals surface area contributed by atoms with E-state index in [0.29, 0.717) is 23.0 Å². The zero-order valence-corrected chi connectivity index (χ0v) is 16.7. The second-order valence-electron chi connectivity index (χ2n) is 6.44. The van der Waals surface area contributed by atoms with Crippen LogP contribution in [-0.2, 0) is 9.84 Å². The van der Waals surface area contributed by atoms with Crippen LogP contribution in [0.25, 0.3) is 11.3 Å². The van der Waals surface area contributed by atoms with Crippen LogP contribution in [0.1, 0.15) is 23.0 Å². The number of carbonyl (C=O) groups is 1. The first-order chi connectivity index (χ1) is 13.4. The van der Waals surface area contributed by atoms with Crippen molar-refractivity contribution in [1.29, 1.82) is 0 Å². The standard InChI is InChI=1S/C18H18N4O4S2/c1-26-14-4-2-12(3-5-14)16-10-15(17(23)20-18-19-7-8-27-18)21-22(16)13-6-9-28(24,25)11-13/h2-5,7-8,10,13H,6,9,11H2,1H3,(H,19,20,23). The molecule has 146 valence electrons. The highest BCUT2D eigenvalue weighted by molar-refractivity contribution is 7.91. The Morgan fingerprint density at radius 2 is 2.11 bits per heavy atom. The van der Waals surface area contributed by atoms with E-state index in [4.69, 9.17) is 4.74 Å². The van der Waals surface area contributed by atoms with Crippen LogP contribution >= 0.6 is 11.3 Å². The molecule has 0 bridgehead atoms. The SMILES string of the molecule is COc1ccc(-c2cc(C(=O)Nc3nccs3)nn2C2CCS(=O)(=O)C2)cc1. The molecule has 1 amide bonds. The Kier molecular flexibility index (Phi) is 4.90. The van der Waals surface area contributed by atoms with E-state index in [1.807, 2.05) is 24.3 Å². The molecule has 10 heteroatoms. The molecule has 0 saturated carbocycles. The highest BCUT2D eigenvalue weighted by atomic mass is 32.2. The van der Waals surface area contributed by atoms with Gasteiger partial charge in [-0.05, 0) is 36.8 Å². The van der Waals surface area contributed by atoms with E-state index >= 15 is 0 Å². The number of nitrogens with one attached hydrogen (secondary N) is 1. The summed E-state index contributed by atoms with van der Waals surface area (Å²) in [6.45, 7) is 0. The van der Waals surface area contributed by atoms with Crippen LogP contribution in [0.2, 0.25) is 0 Å². The van der Waals surface area contributed by atoms with Gasteiger partial charge in [0.15, 0.2) is 20.7 Å². The maximum atomic E-state index is 12.6. The molecule has 28 heavy (non-hydrogen) atoms. The van der Waals surface area contributed by atoms with E-state index < -0.39 is 9.84 Å². The lowest BCUT2D eigenvalue weighted by molar-refractivity contribution is 0.102. The van der Waals surface area contributed by atoms with Crippen molar-refractivity contribution in [2.45, 2.75) is 12.5 Å². The van der Waals surface area contributed by atoms with Gasteiger partial charge in [-0.1, -0.05) is 0 Å². The van der Waals surface area contributed by atoms with Gasteiger partial charge in [-0.3, -0.25) is 14.8 Å². The van der Waals surface area contributed by atoms with Gasteiger partial charge in [-0.15, -0.1) is 11.3 Å². The summed E-state index contributed by atoms with van der Waals surface area (Å²) in [5, 5.41) is 9.40. The number of aromatic nitrogens is 3. The minimum Gasteiger partial charge on any atom is -0.497 e. The molecule has 0 radical (unpaired) electrons. The van der Waals surface area contributed by atoms with Gasteiger partial charge in [-0.2, -0.15) is 5.10 Å². The van der Waals surface area contributed by atoms with Gasteiger partial charge in [0.2, 0.25) is 0 Å². The summed E-state index contributed by atoms with van der Waals surface area (Å²) in [5.41, 5.74) is 1.73. The average Bonchev–Trinajstić information content (AvgIpc) is 3.41. The summed E-state index contributed by atoms with van der Waals surface area (Å²) in [6.07, 6.45) is 2.08. The number of benzene rings is 1. The molecule has 1 fully saturated rings. The van der Waals surface area contributed by atoms with Crippen LogP contribution in [0, 0.1) is 0 Å². The minimum atomic E-state index is -3.09. The molecule has 4 rings (SSSR count). The summed E-state index contributed by atoms with van der Waals surface area (Å²) in [6, 6.07) is 8.72. The molecular weight excluding hydrogens is 400 g/mol. The van der Waals surface area contributed by atoms with Crippen LogP contribution in [0.15, 0.2) is 41.9 Å². The molecule has 3 aromatic rings. The fourth-order valence-electron chi connectivity index (χ4n) is 3.18. The number of hydrogen-bond acceptors (Lipinski definition) is 7. The Morgan fingerprint density at radius 3 is 2.71 bits per heavy atom. The number of thiazole rings is 1. The molecule has 1 aromatic carbocycles. The molecule has 0 spiro atoms. The van der Waals surface area contributed by atoms with Gasteiger partial charge in [0.25, 0.3) is 5.91 Å². The summed E-state index contributed by atoms with van der Waals surface area (Å²) in [4.78, 5) is 16.6. The topological polar surface area (TPSA) is 103 Å². The van der Waals surface area contributed by atoms with Gasteiger partial charge in [0.05, 0.1) is 30.4 Å². The lowest BCUT2D eigenvalue weighted by Crippen LogP contribution is -2.16. The fourth-order valence-corrected chi connectivity index (χ4v) is 5.39. The first-order valence-electron chi connectivity index (χ1n) is 8.60. The Labute approximate surface area is 166 Å². The van der Waals surface area contributed by atoms with Crippen LogP contribution in [-0.4, -0.2) is 47.7 Å². The normalized spacial score (nSPS) is 18.1. The monoisotopic (exact) mass is 418 g/mol. The highest BCUT2D eigenvalue weighted by Gasteiger charge is 2.32. The molecule has 0 aliphatic carbocycles.